The number of rotatable bonds is 5. The summed E-state index contributed by atoms with van der Waals surface area (Å²) in [5.74, 6) is 0. The first-order valence-electron chi connectivity index (χ1n) is 5.55. The zero-order valence-electron chi connectivity index (χ0n) is 9.80. The van der Waals surface area contributed by atoms with Crippen LogP contribution in [-0.4, -0.2) is 24.6 Å². The van der Waals surface area contributed by atoms with Gasteiger partial charge in [0.1, 0.15) is 0 Å². The molecule has 0 atom stereocenters. The highest BCUT2D eigenvalue weighted by Crippen LogP contribution is 2.21. The van der Waals surface area contributed by atoms with Gasteiger partial charge in [-0.15, -0.1) is 0 Å². The van der Waals surface area contributed by atoms with E-state index >= 15 is 0 Å². The van der Waals surface area contributed by atoms with Crippen LogP contribution in [0.5, 0.6) is 0 Å². The van der Waals surface area contributed by atoms with Gasteiger partial charge >= 0.3 is 0 Å². The number of carbonyl (C=O) groups is 1. The van der Waals surface area contributed by atoms with E-state index in [2.05, 4.69) is 0 Å². The van der Waals surface area contributed by atoms with Crippen LogP contribution in [0.15, 0.2) is 42.6 Å². The van der Waals surface area contributed by atoms with Crippen molar-refractivity contribution in [2.45, 2.75) is 6.54 Å². The second-order valence-corrected chi connectivity index (χ2v) is 3.82. The molecule has 0 bridgehead atoms. The molecule has 0 fully saturated rings. The largest absolute Gasteiger partial charge is 0.383 e. The van der Waals surface area contributed by atoms with Crippen LogP contribution in [0.25, 0.3) is 11.1 Å². The van der Waals surface area contributed by atoms with Gasteiger partial charge in [-0.2, -0.15) is 0 Å². The third-order valence-corrected chi connectivity index (χ3v) is 2.69. The second-order valence-electron chi connectivity index (χ2n) is 3.82. The Morgan fingerprint density at radius 3 is 2.65 bits per heavy atom. The number of aromatic nitrogens is 1. The highest BCUT2D eigenvalue weighted by molar-refractivity contribution is 5.77. The van der Waals surface area contributed by atoms with E-state index in [0.29, 0.717) is 18.8 Å². The van der Waals surface area contributed by atoms with Gasteiger partial charge in [0.15, 0.2) is 6.29 Å². The third kappa shape index (κ3) is 2.63. The second kappa shape index (κ2) is 5.46. The molecule has 88 valence electrons. The molecule has 2 aromatic rings. The average Bonchev–Trinajstić information content (AvgIpc) is 2.80. The van der Waals surface area contributed by atoms with Gasteiger partial charge in [0.25, 0.3) is 0 Å². The van der Waals surface area contributed by atoms with Gasteiger partial charge in [0.2, 0.25) is 0 Å². The topological polar surface area (TPSA) is 31.2 Å². The van der Waals surface area contributed by atoms with Crippen LogP contribution in [0, 0.1) is 0 Å². The molecule has 2 rings (SSSR count). The maximum absolute atomic E-state index is 11.0. The summed E-state index contributed by atoms with van der Waals surface area (Å²) < 4.78 is 6.94. The van der Waals surface area contributed by atoms with Gasteiger partial charge in [-0.25, -0.2) is 0 Å². The summed E-state index contributed by atoms with van der Waals surface area (Å²) in [6.07, 6.45) is 2.86. The normalized spacial score (nSPS) is 10.4. The van der Waals surface area contributed by atoms with E-state index in [-0.39, 0.29) is 0 Å². The van der Waals surface area contributed by atoms with E-state index in [4.69, 9.17) is 4.74 Å². The quantitative estimate of drug-likeness (QED) is 0.738. The Hall–Kier alpha value is -1.87. The molecule has 0 radical (unpaired) electrons. The molecule has 0 unspecified atom stereocenters. The summed E-state index contributed by atoms with van der Waals surface area (Å²) >= 11 is 0. The van der Waals surface area contributed by atoms with Crippen molar-refractivity contribution in [2.24, 2.45) is 0 Å². The zero-order valence-corrected chi connectivity index (χ0v) is 9.80. The van der Waals surface area contributed by atoms with Crippen LogP contribution in [0.1, 0.15) is 10.5 Å². The molecule has 0 saturated heterocycles. The molecule has 0 aliphatic rings. The maximum Gasteiger partial charge on any atom is 0.166 e. The molecule has 1 aromatic carbocycles. The number of methoxy groups -OCH3 is 1. The van der Waals surface area contributed by atoms with E-state index in [1.165, 1.54) is 0 Å². The molecule has 1 heterocycles. The predicted octanol–water partition coefficient (Wildman–Crippen LogP) is 2.61. The van der Waals surface area contributed by atoms with E-state index < -0.39 is 0 Å². The van der Waals surface area contributed by atoms with Crippen LogP contribution in [0.4, 0.5) is 0 Å². The Kier molecular flexibility index (Phi) is 3.73. The molecular formula is C14H15NO2. The summed E-state index contributed by atoms with van der Waals surface area (Å²) in [4.78, 5) is 11.0. The van der Waals surface area contributed by atoms with Crippen LogP contribution >= 0.6 is 0 Å². The predicted molar refractivity (Wildman–Crippen MR) is 67.1 cm³/mol. The van der Waals surface area contributed by atoms with Crippen molar-refractivity contribution in [2.75, 3.05) is 13.7 Å². The summed E-state index contributed by atoms with van der Waals surface area (Å²) in [6.45, 7) is 1.29. The van der Waals surface area contributed by atoms with Gasteiger partial charge < -0.3 is 9.30 Å². The van der Waals surface area contributed by atoms with Crippen molar-refractivity contribution in [1.82, 2.24) is 4.57 Å². The van der Waals surface area contributed by atoms with E-state index in [0.717, 1.165) is 17.4 Å². The number of carbonyl (C=O) groups excluding carboxylic acids is 1. The highest BCUT2D eigenvalue weighted by atomic mass is 16.5. The lowest BCUT2D eigenvalue weighted by atomic mass is 10.1. The lowest BCUT2D eigenvalue weighted by Crippen LogP contribution is -2.05. The molecule has 0 spiro atoms. The molecule has 3 heteroatoms. The molecule has 1 aromatic heterocycles. The van der Waals surface area contributed by atoms with E-state index in [9.17, 15) is 4.79 Å². The minimum absolute atomic E-state index is 0.601. The van der Waals surface area contributed by atoms with Crippen molar-refractivity contribution in [3.8, 4) is 11.1 Å². The Morgan fingerprint density at radius 2 is 2.00 bits per heavy atom. The monoisotopic (exact) mass is 229 g/mol. The Morgan fingerprint density at radius 1 is 1.24 bits per heavy atom. The Bertz CT molecular complexity index is 488. The van der Waals surface area contributed by atoms with Gasteiger partial charge in [-0.05, 0) is 11.6 Å². The number of aldehydes is 1. The molecule has 3 nitrogen and oxygen atoms in total. The Labute approximate surface area is 101 Å². The van der Waals surface area contributed by atoms with Gasteiger partial charge in [-0.1, -0.05) is 30.3 Å². The lowest BCUT2D eigenvalue weighted by Gasteiger charge is -2.03. The Balaban J connectivity index is 2.31. The molecule has 0 aliphatic carbocycles. The number of benzene rings is 1. The fourth-order valence-corrected chi connectivity index (χ4v) is 1.80. The van der Waals surface area contributed by atoms with Crippen molar-refractivity contribution < 1.29 is 9.53 Å². The van der Waals surface area contributed by atoms with Crippen molar-refractivity contribution in [1.29, 1.82) is 0 Å². The minimum Gasteiger partial charge on any atom is -0.383 e. The fraction of sp³-hybridized carbons (Fsp3) is 0.214. The standard InChI is InChI=1S/C14H15NO2/c1-17-8-7-15-10-13(9-14(15)11-16)12-5-3-2-4-6-12/h2-6,9-11H,7-8H2,1H3. The molecule has 0 saturated carbocycles. The van der Waals surface area contributed by atoms with Crippen LogP contribution in [0.3, 0.4) is 0 Å². The molecule has 0 N–H and O–H groups in total. The van der Waals surface area contributed by atoms with Crippen LogP contribution in [0.2, 0.25) is 0 Å². The lowest BCUT2D eigenvalue weighted by molar-refractivity contribution is 0.111. The number of ether oxygens (including phenoxy) is 1. The molecular weight excluding hydrogens is 214 g/mol. The zero-order chi connectivity index (χ0) is 12.1. The smallest absolute Gasteiger partial charge is 0.166 e. The molecule has 17 heavy (non-hydrogen) atoms. The number of hydrogen-bond acceptors (Lipinski definition) is 2. The van der Waals surface area contributed by atoms with Crippen LogP contribution < -0.4 is 0 Å². The first kappa shape index (κ1) is 11.6. The van der Waals surface area contributed by atoms with Crippen molar-refractivity contribution in [3.63, 3.8) is 0 Å². The first-order valence-corrected chi connectivity index (χ1v) is 5.55. The van der Waals surface area contributed by atoms with Crippen molar-refractivity contribution in [3.05, 3.63) is 48.3 Å². The summed E-state index contributed by atoms with van der Waals surface area (Å²) in [7, 11) is 1.65. The fourth-order valence-electron chi connectivity index (χ4n) is 1.80. The van der Waals surface area contributed by atoms with Crippen molar-refractivity contribution >= 4 is 6.29 Å². The van der Waals surface area contributed by atoms with Gasteiger partial charge in [0, 0.05) is 25.4 Å². The van der Waals surface area contributed by atoms with Gasteiger partial charge in [-0.3, -0.25) is 4.79 Å². The van der Waals surface area contributed by atoms with Crippen LogP contribution in [-0.2, 0) is 11.3 Å². The maximum atomic E-state index is 11.0. The number of nitrogens with zero attached hydrogens (tertiary/aromatic N) is 1. The SMILES string of the molecule is COCCn1cc(-c2ccccc2)cc1C=O. The van der Waals surface area contributed by atoms with E-state index in [1.807, 2.05) is 47.2 Å². The summed E-state index contributed by atoms with van der Waals surface area (Å²) in [5.41, 5.74) is 2.86. The van der Waals surface area contributed by atoms with E-state index in [1.54, 1.807) is 7.11 Å². The minimum atomic E-state index is 0.601. The molecule has 0 amide bonds. The first-order chi connectivity index (χ1) is 8.35. The summed E-state index contributed by atoms with van der Waals surface area (Å²) in [5, 5.41) is 0. The van der Waals surface area contributed by atoms with Gasteiger partial charge in [0.05, 0.1) is 12.3 Å². The third-order valence-electron chi connectivity index (χ3n) is 2.69. The highest BCUT2D eigenvalue weighted by Gasteiger charge is 2.06. The average molecular weight is 229 g/mol. The molecule has 0 aliphatic heterocycles. The number of hydrogen-bond donors (Lipinski definition) is 0. The summed E-state index contributed by atoms with van der Waals surface area (Å²) in [6, 6.07) is 11.9.